The molecule has 0 saturated carbocycles. The van der Waals surface area contributed by atoms with Crippen LogP contribution in [0.5, 0.6) is 0 Å². The Kier molecular flexibility index (Phi) is 2.53. The van der Waals surface area contributed by atoms with E-state index in [4.69, 9.17) is 0 Å². The van der Waals surface area contributed by atoms with E-state index >= 15 is 0 Å². The number of carbonyl (C=O) groups is 1. The van der Waals surface area contributed by atoms with Gasteiger partial charge in [0.1, 0.15) is 0 Å². The molecule has 0 unspecified atom stereocenters. The number of para-hydroxylation sites is 2. The van der Waals surface area contributed by atoms with Crippen LogP contribution in [0.2, 0.25) is 0 Å². The molecule has 2 aromatic rings. The van der Waals surface area contributed by atoms with Gasteiger partial charge in [-0.2, -0.15) is 0 Å². The van der Waals surface area contributed by atoms with Gasteiger partial charge >= 0.3 is 0 Å². The van der Waals surface area contributed by atoms with E-state index in [0.717, 1.165) is 16.3 Å². The first kappa shape index (κ1) is 10.3. The second-order valence-electron chi connectivity index (χ2n) is 3.82. The van der Waals surface area contributed by atoms with Crippen molar-refractivity contribution in [2.45, 2.75) is 6.54 Å². The molecule has 0 saturated heterocycles. The van der Waals surface area contributed by atoms with E-state index in [9.17, 15) is 4.79 Å². The van der Waals surface area contributed by atoms with E-state index in [1.807, 2.05) is 30.5 Å². The average Bonchev–Trinajstić information content (AvgIpc) is 2.86. The lowest BCUT2D eigenvalue weighted by Gasteiger charge is -2.29. The van der Waals surface area contributed by atoms with Crippen LogP contribution in [0.15, 0.2) is 36.0 Å². The minimum Gasteiger partial charge on any atom is -0.374 e. The van der Waals surface area contributed by atoms with Crippen molar-refractivity contribution in [3.8, 4) is 0 Å². The van der Waals surface area contributed by atoms with E-state index in [1.54, 1.807) is 21.7 Å². The van der Waals surface area contributed by atoms with Crippen LogP contribution < -0.4 is 10.2 Å². The van der Waals surface area contributed by atoms with Crippen molar-refractivity contribution in [3.63, 3.8) is 0 Å². The zero-order valence-corrected chi connectivity index (χ0v) is 9.91. The second-order valence-corrected chi connectivity index (χ2v) is 4.79. The average molecular weight is 245 g/mol. The van der Waals surface area contributed by atoms with E-state index < -0.39 is 0 Å². The van der Waals surface area contributed by atoms with Crippen molar-refractivity contribution in [2.24, 2.45) is 0 Å². The van der Waals surface area contributed by atoms with Gasteiger partial charge in [-0.25, -0.2) is 0 Å². The molecule has 0 atom stereocenters. The maximum absolute atomic E-state index is 11.9. The minimum absolute atomic E-state index is 0.0945. The molecule has 5 heteroatoms. The molecule has 2 heterocycles. The molecule has 1 aromatic heterocycles. The van der Waals surface area contributed by atoms with Crippen molar-refractivity contribution in [1.82, 2.24) is 4.98 Å². The van der Waals surface area contributed by atoms with Gasteiger partial charge in [0.25, 0.3) is 0 Å². The summed E-state index contributed by atoms with van der Waals surface area (Å²) in [6.07, 6.45) is 1.81. The smallest absolute Gasteiger partial charge is 0.246 e. The molecule has 3 rings (SSSR count). The molecular formula is C12H11N3OS. The quantitative estimate of drug-likeness (QED) is 0.881. The van der Waals surface area contributed by atoms with Gasteiger partial charge in [-0.1, -0.05) is 12.1 Å². The summed E-state index contributed by atoms with van der Waals surface area (Å²) in [6, 6.07) is 7.85. The van der Waals surface area contributed by atoms with Crippen LogP contribution in [-0.2, 0) is 11.3 Å². The highest BCUT2D eigenvalue weighted by molar-refractivity contribution is 7.09. The van der Waals surface area contributed by atoms with E-state index in [2.05, 4.69) is 10.3 Å². The first-order valence-corrected chi connectivity index (χ1v) is 6.23. The largest absolute Gasteiger partial charge is 0.374 e. The first-order valence-electron chi connectivity index (χ1n) is 5.35. The molecular weight excluding hydrogens is 234 g/mol. The van der Waals surface area contributed by atoms with Crippen LogP contribution in [0.4, 0.5) is 11.4 Å². The molecule has 0 fully saturated rings. The summed E-state index contributed by atoms with van der Waals surface area (Å²) in [5.41, 5.74) is 3.74. The Morgan fingerprint density at radius 2 is 2.29 bits per heavy atom. The minimum atomic E-state index is 0.0945. The second kappa shape index (κ2) is 4.18. The van der Waals surface area contributed by atoms with Crippen molar-refractivity contribution in [1.29, 1.82) is 0 Å². The standard InChI is InChI=1S/C12H11N3OS/c16-12-6-14-10-3-1-2-4-11(10)15(12)7-9-5-13-8-17-9/h1-5,8,14H,6-7H2. The molecule has 1 aliphatic rings. The molecule has 1 aliphatic heterocycles. The zero-order valence-electron chi connectivity index (χ0n) is 9.09. The van der Waals surface area contributed by atoms with Crippen molar-refractivity contribution < 1.29 is 4.79 Å². The van der Waals surface area contributed by atoms with Gasteiger partial charge in [-0.05, 0) is 12.1 Å². The Balaban J connectivity index is 1.95. The van der Waals surface area contributed by atoms with Crippen LogP contribution in [-0.4, -0.2) is 17.4 Å². The number of aromatic nitrogens is 1. The van der Waals surface area contributed by atoms with E-state index in [-0.39, 0.29) is 5.91 Å². The van der Waals surface area contributed by atoms with Gasteiger partial charge < -0.3 is 10.2 Å². The molecule has 0 spiro atoms. The molecule has 4 nitrogen and oxygen atoms in total. The summed E-state index contributed by atoms with van der Waals surface area (Å²) in [5.74, 6) is 0.0945. The topological polar surface area (TPSA) is 45.2 Å². The number of fused-ring (bicyclic) bond motifs is 1. The van der Waals surface area contributed by atoms with Crippen LogP contribution in [0, 0.1) is 0 Å². The lowest BCUT2D eigenvalue weighted by atomic mass is 10.2. The molecule has 1 aromatic carbocycles. The molecule has 0 radical (unpaired) electrons. The first-order chi connectivity index (χ1) is 8.34. The highest BCUT2D eigenvalue weighted by Crippen LogP contribution is 2.30. The van der Waals surface area contributed by atoms with Gasteiger partial charge in [0, 0.05) is 11.1 Å². The number of benzene rings is 1. The Bertz CT molecular complexity index is 538. The summed E-state index contributed by atoms with van der Waals surface area (Å²) in [5, 5.41) is 3.12. The Hall–Kier alpha value is -1.88. The molecule has 0 bridgehead atoms. The lowest BCUT2D eigenvalue weighted by Crippen LogP contribution is -2.39. The SMILES string of the molecule is O=C1CNc2ccccc2N1Cc1cncs1. The van der Waals surface area contributed by atoms with Gasteiger partial charge in [0.15, 0.2) is 0 Å². The lowest BCUT2D eigenvalue weighted by molar-refractivity contribution is -0.117. The van der Waals surface area contributed by atoms with Crippen LogP contribution >= 0.6 is 11.3 Å². The maximum Gasteiger partial charge on any atom is 0.246 e. The summed E-state index contributed by atoms with van der Waals surface area (Å²) >= 11 is 1.57. The van der Waals surface area contributed by atoms with Crippen molar-refractivity contribution in [2.75, 3.05) is 16.8 Å². The summed E-state index contributed by atoms with van der Waals surface area (Å²) in [7, 11) is 0. The normalized spacial score (nSPS) is 14.4. The number of nitrogens with one attached hydrogen (secondary N) is 1. The molecule has 0 aliphatic carbocycles. The molecule has 17 heavy (non-hydrogen) atoms. The Morgan fingerprint density at radius 3 is 3.12 bits per heavy atom. The number of anilines is 2. The van der Waals surface area contributed by atoms with Crippen LogP contribution in [0.1, 0.15) is 4.88 Å². The number of hydrogen-bond acceptors (Lipinski definition) is 4. The third-order valence-corrected chi connectivity index (χ3v) is 3.49. The highest BCUT2D eigenvalue weighted by atomic mass is 32.1. The Labute approximate surface area is 103 Å². The molecule has 1 amide bonds. The van der Waals surface area contributed by atoms with E-state index in [1.165, 1.54) is 0 Å². The number of hydrogen-bond donors (Lipinski definition) is 1. The fourth-order valence-electron chi connectivity index (χ4n) is 1.91. The summed E-state index contributed by atoms with van der Waals surface area (Å²) in [4.78, 5) is 18.9. The van der Waals surface area contributed by atoms with Crippen molar-refractivity contribution >= 4 is 28.6 Å². The molecule has 86 valence electrons. The van der Waals surface area contributed by atoms with E-state index in [0.29, 0.717) is 13.1 Å². The predicted molar refractivity (Wildman–Crippen MR) is 68.2 cm³/mol. The molecule has 1 N–H and O–H groups in total. The number of thiazole rings is 1. The fraction of sp³-hybridized carbons (Fsp3) is 0.167. The van der Waals surface area contributed by atoms with Gasteiger partial charge in [0.05, 0.1) is 30.0 Å². The zero-order chi connectivity index (χ0) is 11.7. The fourth-order valence-corrected chi connectivity index (χ4v) is 2.49. The summed E-state index contributed by atoms with van der Waals surface area (Å²) in [6.45, 7) is 0.956. The number of nitrogens with zero attached hydrogens (tertiary/aromatic N) is 2. The highest BCUT2D eigenvalue weighted by Gasteiger charge is 2.23. The number of rotatable bonds is 2. The Morgan fingerprint density at radius 1 is 1.41 bits per heavy atom. The van der Waals surface area contributed by atoms with Crippen molar-refractivity contribution in [3.05, 3.63) is 40.8 Å². The monoisotopic (exact) mass is 245 g/mol. The number of amides is 1. The van der Waals surface area contributed by atoms with Crippen LogP contribution in [0.3, 0.4) is 0 Å². The summed E-state index contributed by atoms with van der Waals surface area (Å²) < 4.78 is 0. The third kappa shape index (κ3) is 1.89. The van der Waals surface area contributed by atoms with Gasteiger partial charge in [0.2, 0.25) is 5.91 Å². The van der Waals surface area contributed by atoms with Crippen LogP contribution in [0.25, 0.3) is 0 Å². The van der Waals surface area contributed by atoms with Gasteiger partial charge in [-0.15, -0.1) is 11.3 Å². The number of carbonyl (C=O) groups excluding carboxylic acids is 1. The third-order valence-electron chi connectivity index (χ3n) is 2.72. The van der Waals surface area contributed by atoms with Gasteiger partial charge in [-0.3, -0.25) is 9.78 Å². The predicted octanol–water partition coefficient (Wildman–Crippen LogP) is 2.10. The maximum atomic E-state index is 11.9.